The van der Waals surface area contributed by atoms with E-state index in [1.54, 1.807) is 49.4 Å². The number of rotatable bonds is 10. The predicted molar refractivity (Wildman–Crippen MR) is 163 cm³/mol. The molecule has 1 saturated heterocycles. The highest BCUT2D eigenvalue weighted by Crippen LogP contribution is 2.35. The second-order valence-corrected chi connectivity index (χ2v) is 11.0. The summed E-state index contributed by atoms with van der Waals surface area (Å²) in [4.78, 5) is 51.4. The second kappa shape index (κ2) is 13.7. The van der Waals surface area contributed by atoms with Crippen molar-refractivity contribution in [1.82, 2.24) is 4.90 Å². The number of carbonyl (C=O) groups excluding carboxylic acids is 4. The fourth-order valence-electron chi connectivity index (χ4n) is 3.77. The third-order valence-electron chi connectivity index (χ3n) is 5.60. The maximum Gasteiger partial charge on any atom is 0.294 e. The molecule has 0 aromatic heterocycles. The van der Waals surface area contributed by atoms with Crippen molar-refractivity contribution in [1.29, 1.82) is 0 Å². The van der Waals surface area contributed by atoms with Crippen LogP contribution >= 0.6 is 39.3 Å². The second-order valence-electron chi connectivity index (χ2n) is 8.79. The Hall–Kier alpha value is -3.80. The fraction of sp³-hybridized carbons (Fsp3) is 0.172. The number of halogens is 2. The maximum atomic E-state index is 12.9. The average Bonchev–Trinajstić information content (AvgIpc) is 3.17. The molecule has 1 heterocycles. The molecule has 3 aromatic carbocycles. The summed E-state index contributed by atoms with van der Waals surface area (Å²) < 4.78 is 12.0. The summed E-state index contributed by atoms with van der Waals surface area (Å²) in [5.74, 6) is -0.741. The molecular weight excluding hydrogens is 634 g/mol. The third-order valence-corrected chi connectivity index (χ3v) is 7.74. The van der Waals surface area contributed by atoms with Crippen molar-refractivity contribution < 1.29 is 28.7 Å². The van der Waals surface area contributed by atoms with Gasteiger partial charge in [0.1, 0.15) is 6.54 Å². The molecule has 3 aromatic rings. The Morgan fingerprint density at radius 2 is 1.73 bits per heavy atom. The molecule has 2 N–H and O–H groups in total. The van der Waals surface area contributed by atoms with Gasteiger partial charge in [0, 0.05) is 15.8 Å². The molecule has 0 atom stereocenters. The Labute approximate surface area is 254 Å². The molecule has 212 valence electrons. The number of nitrogens with one attached hydrogen (secondary N) is 2. The number of anilines is 2. The first-order valence-corrected chi connectivity index (χ1v) is 14.4. The number of hydrogen-bond acceptors (Lipinski definition) is 7. The molecule has 0 radical (unpaired) electrons. The van der Waals surface area contributed by atoms with Crippen molar-refractivity contribution in [3.63, 3.8) is 0 Å². The number of amides is 4. The van der Waals surface area contributed by atoms with Crippen molar-refractivity contribution >= 4 is 79.7 Å². The Bertz CT molecular complexity index is 1550. The van der Waals surface area contributed by atoms with E-state index in [2.05, 4.69) is 26.6 Å². The lowest BCUT2D eigenvalue weighted by Gasteiger charge is -2.13. The normalized spacial score (nSPS) is 13.9. The molecule has 1 fully saturated rings. The van der Waals surface area contributed by atoms with Gasteiger partial charge in [-0.1, -0.05) is 29.8 Å². The highest BCUT2D eigenvalue weighted by molar-refractivity contribution is 9.10. The van der Waals surface area contributed by atoms with Gasteiger partial charge in [0.2, 0.25) is 5.91 Å². The molecule has 41 heavy (non-hydrogen) atoms. The molecular formula is C29H25BrClN3O6S. The van der Waals surface area contributed by atoms with E-state index in [9.17, 15) is 19.2 Å². The highest BCUT2D eigenvalue weighted by atomic mass is 79.9. The van der Waals surface area contributed by atoms with E-state index in [0.29, 0.717) is 44.5 Å². The molecule has 0 unspecified atom stereocenters. The van der Waals surface area contributed by atoms with Crippen LogP contribution in [0.2, 0.25) is 5.02 Å². The zero-order valence-corrected chi connectivity index (χ0v) is 25.2. The molecule has 1 aliphatic rings. The van der Waals surface area contributed by atoms with Gasteiger partial charge in [-0.05, 0) is 101 Å². The fourth-order valence-corrected chi connectivity index (χ4v) is 5.04. The predicted octanol–water partition coefficient (Wildman–Crippen LogP) is 6.50. The van der Waals surface area contributed by atoms with Gasteiger partial charge in [-0.25, -0.2) is 0 Å². The van der Waals surface area contributed by atoms with E-state index in [0.717, 1.165) is 22.2 Å². The minimum Gasteiger partial charge on any atom is -0.490 e. The molecule has 0 saturated carbocycles. The zero-order valence-electron chi connectivity index (χ0n) is 22.0. The maximum absolute atomic E-state index is 12.9. The van der Waals surface area contributed by atoms with Crippen LogP contribution in [-0.2, 0) is 14.4 Å². The molecule has 9 nitrogen and oxygen atoms in total. The van der Waals surface area contributed by atoms with E-state index < -0.39 is 23.6 Å². The van der Waals surface area contributed by atoms with Crippen LogP contribution in [0.4, 0.5) is 16.2 Å². The lowest BCUT2D eigenvalue weighted by atomic mass is 10.2. The lowest BCUT2D eigenvalue weighted by Crippen LogP contribution is -2.36. The molecule has 0 bridgehead atoms. The molecule has 1 aliphatic heterocycles. The Kier molecular flexibility index (Phi) is 10.1. The van der Waals surface area contributed by atoms with E-state index in [-0.39, 0.29) is 17.4 Å². The number of nitrogens with zero attached hydrogens (tertiary/aromatic N) is 1. The minimum atomic E-state index is -0.588. The Morgan fingerprint density at radius 1 is 0.976 bits per heavy atom. The topological polar surface area (TPSA) is 114 Å². The Balaban J connectivity index is 1.40. The smallest absolute Gasteiger partial charge is 0.294 e. The van der Waals surface area contributed by atoms with Crippen LogP contribution in [0.1, 0.15) is 18.1 Å². The number of ether oxygens (including phenoxy) is 2. The van der Waals surface area contributed by atoms with Gasteiger partial charge in [-0.2, -0.15) is 0 Å². The van der Waals surface area contributed by atoms with Gasteiger partial charge in [-0.3, -0.25) is 24.1 Å². The van der Waals surface area contributed by atoms with Crippen LogP contribution in [0.15, 0.2) is 70.0 Å². The molecule has 4 amide bonds. The van der Waals surface area contributed by atoms with Crippen LogP contribution in [0.3, 0.4) is 0 Å². The van der Waals surface area contributed by atoms with Crippen molar-refractivity contribution in [3.05, 3.63) is 86.2 Å². The van der Waals surface area contributed by atoms with Gasteiger partial charge in [0.15, 0.2) is 18.1 Å². The summed E-state index contributed by atoms with van der Waals surface area (Å²) in [7, 11) is 0. The van der Waals surface area contributed by atoms with Gasteiger partial charge >= 0.3 is 0 Å². The largest absolute Gasteiger partial charge is 0.490 e. The lowest BCUT2D eigenvalue weighted by molar-refractivity contribution is -0.127. The summed E-state index contributed by atoms with van der Waals surface area (Å²) in [5.41, 5.74) is 2.70. The zero-order chi connectivity index (χ0) is 29.5. The summed E-state index contributed by atoms with van der Waals surface area (Å²) in [5, 5.41) is 5.26. The highest BCUT2D eigenvalue weighted by Gasteiger charge is 2.36. The van der Waals surface area contributed by atoms with E-state index in [4.69, 9.17) is 21.1 Å². The van der Waals surface area contributed by atoms with Crippen LogP contribution in [0.5, 0.6) is 11.5 Å². The number of hydrogen-bond donors (Lipinski definition) is 2. The summed E-state index contributed by atoms with van der Waals surface area (Å²) in [6.07, 6.45) is 1.54. The van der Waals surface area contributed by atoms with Crippen LogP contribution in [-0.4, -0.2) is 47.6 Å². The van der Waals surface area contributed by atoms with Crippen LogP contribution in [0, 0.1) is 6.92 Å². The summed E-state index contributed by atoms with van der Waals surface area (Å²) in [6, 6.07) is 17.2. The van der Waals surface area contributed by atoms with Crippen LogP contribution in [0.25, 0.3) is 6.08 Å². The minimum absolute atomic E-state index is 0.156. The first-order chi connectivity index (χ1) is 19.6. The number of carbonyl (C=O) groups is 4. The molecule has 0 aliphatic carbocycles. The SMILES string of the molecule is CCOc1cc(/C=C2/SC(=O)N(CC(=O)Nc3ccc(Br)c(Cl)c3)C2=O)ccc1OCC(=O)Nc1cccc(C)c1. The molecule has 12 heteroatoms. The average molecular weight is 659 g/mol. The van der Waals surface area contributed by atoms with E-state index in [1.807, 2.05) is 25.1 Å². The number of benzene rings is 3. The van der Waals surface area contributed by atoms with Crippen molar-refractivity contribution in [2.75, 3.05) is 30.4 Å². The van der Waals surface area contributed by atoms with E-state index >= 15 is 0 Å². The van der Waals surface area contributed by atoms with Gasteiger partial charge in [0.25, 0.3) is 17.1 Å². The monoisotopic (exact) mass is 657 g/mol. The van der Waals surface area contributed by atoms with E-state index in [1.165, 1.54) is 6.08 Å². The Morgan fingerprint density at radius 3 is 2.46 bits per heavy atom. The van der Waals surface area contributed by atoms with Crippen molar-refractivity contribution in [2.45, 2.75) is 13.8 Å². The standard InChI is InChI=1S/C29H25BrClN3O6S/c1-3-39-24-12-18(7-10-23(24)40-16-27(36)33-19-6-4-5-17(2)11-19)13-25-28(37)34(29(38)41-25)15-26(35)32-20-8-9-21(30)22(31)14-20/h4-14H,3,15-16H2,1-2H3,(H,32,35)(H,33,36)/b25-13+. The molecule has 0 spiro atoms. The number of aryl methyl sites for hydroxylation is 1. The van der Waals surface area contributed by atoms with Crippen LogP contribution < -0.4 is 20.1 Å². The van der Waals surface area contributed by atoms with Crippen molar-refractivity contribution in [2.24, 2.45) is 0 Å². The van der Waals surface area contributed by atoms with Gasteiger partial charge in [-0.15, -0.1) is 0 Å². The number of imide groups is 1. The summed E-state index contributed by atoms with van der Waals surface area (Å²) >= 11 is 10.1. The first-order valence-electron chi connectivity index (χ1n) is 12.4. The summed E-state index contributed by atoms with van der Waals surface area (Å²) in [6.45, 7) is 3.39. The quantitative estimate of drug-likeness (QED) is 0.239. The van der Waals surface area contributed by atoms with Gasteiger partial charge in [0.05, 0.1) is 16.5 Å². The number of thioether (sulfide) groups is 1. The van der Waals surface area contributed by atoms with Gasteiger partial charge < -0.3 is 20.1 Å². The third kappa shape index (κ3) is 8.12. The van der Waals surface area contributed by atoms with Crippen molar-refractivity contribution in [3.8, 4) is 11.5 Å². The molecule has 4 rings (SSSR count). The first kappa shape index (κ1) is 30.2.